The van der Waals surface area contributed by atoms with Crippen LogP contribution in [0.4, 0.5) is 28.8 Å². The molecular weight excluding hydrogens is 573 g/mol. The highest BCUT2D eigenvalue weighted by Gasteiger charge is 2.27. The molecule has 0 unspecified atom stereocenters. The summed E-state index contributed by atoms with van der Waals surface area (Å²) in [5.41, 5.74) is 2.55. The van der Waals surface area contributed by atoms with Crippen LogP contribution in [-0.2, 0) is 4.57 Å². The van der Waals surface area contributed by atoms with Crippen molar-refractivity contribution in [2.45, 2.75) is 18.9 Å². The highest BCUT2D eigenvalue weighted by Crippen LogP contribution is 2.39. The molecule has 0 amide bonds. The molecule has 12 heteroatoms. The number of piperidine rings is 1. The van der Waals surface area contributed by atoms with Gasteiger partial charge in [0.2, 0.25) is 5.95 Å². The third-order valence-corrected chi connectivity index (χ3v) is 9.92. The molecular formula is C30H41ClN7O3P. The first-order valence-corrected chi connectivity index (χ1v) is 17.3. The second kappa shape index (κ2) is 13.1. The first kappa shape index (κ1) is 30.4. The average molecular weight is 614 g/mol. The lowest BCUT2D eigenvalue weighted by Gasteiger charge is -2.42. The van der Waals surface area contributed by atoms with E-state index in [2.05, 4.69) is 54.5 Å². The van der Waals surface area contributed by atoms with E-state index >= 15 is 0 Å². The zero-order valence-electron chi connectivity index (χ0n) is 25.1. The molecule has 10 nitrogen and oxygen atoms in total. The van der Waals surface area contributed by atoms with Gasteiger partial charge in [0.05, 0.1) is 31.8 Å². The Labute approximate surface area is 253 Å². The van der Waals surface area contributed by atoms with Crippen molar-refractivity contribution in [3.05, 3.63) is 47.6 Å². The van der Waals surface area contributed by atoms with E-state index in [4.69, 9.17) is 21.1 Å². The summed E-state index contributed by atoms with van der Waals surface area (Å²) >= 11 is 6.44. The molecule has 2 aliphatic heterocycles. The minimum Gasteiger partial charge on any atom is -0.495 e. The topological polar surface area (TPSA) is 95.1 Å². The van der Waals surface area contributed by atoms with E-state index in [1.54, 1.807) is 33.6 Å². The second-order valence-corrected chi connectivity index (χ2v) is 14.9. The molecule has 2 fully saturated rings. The van der Waals surface area contributed by atoms with Crippen molar-refractivity contribution in [1.82, 2.24) is 19.8 Å². The molecule has 0 saturated carbocycles. The summed E-state index contributed by atoms with van der Waals surface area (Å²) in [5, 5.41) is 7.59. The first-order valence-electron chi connectivity index (χ1n) is 14.3. The largest absolute Gasteiger partial charge is 0.495 e. The lowest BCUT2D eigenvalue weighted by molar-refractivity contribution is 0.0982. The van der Waals surface area contributed by atoms with Crippen molar-refractivity contribution in [3.63, 3.8) is 0 Å². The van der Waals surface area contributed by atoms with Crippen LogP contribution in [0, 0.1) is 0 Å². The number of hydrogen-bond donors (Lipinski definition) is 2. The Morgan fingerprint density at radius 3 is 2.21 bits per heavy atom. The third-order valence-electron chi connectivity index (χ3n) is 8.12. The van der Waals surface area contributed by atoms with Gasteiger partial charge < -0.3 is 34.5 Å². The van der Waals surface area contributed by atoms with Crippen LogP contribution in [0.2, 0.25) is 5.02 Å². The standard InChI is InChI=1S/C30H41ClN7O3P/c1-36-14-16-38(17-15-36)21-10-12-37(13-11-21)22-6-8-26(27(18-22)40-2)34-30-32-20-24(31)29(35-30)33-25-9-7-23(42(4,5)39)19-28(25)41-3/h6-9,18-21H,10-17H2,1-5H3,(H2,32,33,34,35). The van der Waals surface area contributed by atoms with Gasteiger partial charge in [-0.1, -0.05) is 11.6 Å². The van der Waals surface area contributed by atoms with E-state index in [9.17, 15) is 4.57 Å². The molecule has 0 aliphatic carbocycles. The average Bonchev–Trinajstić information content (AvgIpc) is 2.99. The molecule has 2 aromatic carbocycles. The van der Waals surface area contributed by atoms with Gasteiger partial charge in [0.25, 0.3) is 0 Å². The molecule has 2 aliphatic rings. The quantitative estimate of drug-likeness (QED) is 0.318. The Bertz CT molecular complexity index is 1440. The van der Waals surface area contributed by atoms with Gasteiger partial charge in [-0.05, 0) is 63.6 Å². The summed E-state index contributed by atoms with van der Waals surface area (Å²) < 4.78 is 23.8. The Balaban J connectivity index is 1.27. The summed E-state index contributed by atoms with van der Waals surface area (Å²) in [6.07, 6.45) is 3.88. The molecule has 2 N–H and O–H groups in total. The van der Waals surface area contributed by atoms with Crippen molar-refractivity contribution >= 4 is 52.9 Å². The monoisotopic (exact) mass is 613 g/mol. The number of hydrogen-bond acceptors (Lipinski definition) is 10. The fourth-order valence-electron chi connectivity index (χ4n) is 5.54. The van der Waals surface area contributed by atoms with Gasteiger partial charge >= 0.3 is 0 Å². The van der Waals surface area contributed by atoms with Crippen molar-refractivity contribution in [3.8, 4) is 11.5 Å². The number of benzene rings is 2. The number of methoxy groups -OCH3 is 2. The van der Waals surface area contributed by atoms with Crippen LogP contribution in [0.5, 0.6) is 11.5 Å². The molecule has 226 valence electrons. The molecule has 0 bridgehead atoms. The molecule has 3 aromatic rings. The number of nitrogens with one attached hydrogen (secondary N) is 2. The zero-order chi connectivity index (χ0) is 29.9. The van der Waals surface area contributed by atoms with Crippen LogP contribution < -0.4 is 30.3 Å². The summed E-state index contributed by atoms with van der Waals surface area (Å²) in [6.45, 7) is 10.2. The summed E-state index contributed by atoms with van der Waals surface area (Å²) in [4.78, 5) is 16.5. The van der Waals surface area contributed by atoms with Crippen LogP contribution in [0.15, 0.2) is 42.6 Å². The lowest BCUT2D eigenvalue weighted by Crippen LogP contribution is -2.52. The van der Waals surface area contributed by atoms with Crippen molar-refractivity contribution < 1.29 is 14.0 Å². The number of piperazine rings is 1. The number of ether oxygens (including phenoxy) is 2. The van der Waals surface area contributed by atoms with Gasteiger partial charge in [-0.15, -0.1) is 0 Å². The maximum atomic E-state index is 12.5. The van der Waals surface area contributed by atoms with E-state index in [0.717, 1.165) is 42.9 Å². The molecule has 1 aromatic heterocycles. The number of anilines is 5. The molecule has 5 rings (SSSR count). The fraction of sp³-hybridized carbons (Fsp3) is 0.467. The van der Waals surface area contributed by atoms with Gasteiger partial charge in [0.1, 0.15) is 23.7 Å². The molecule has 3 heterocycles. The van der Waals surface area contributed by atoms with Crippen molar-refractivity contribution in [1.29, 1.82) is 0 Å². The predicted molar refractivity (Wildman–Crippen MR) is 173 cm³/mol. The highest BCUT2D eigenvalue weighted by molar-refractivity contribution is 7.70. The van der Waals surface area contributed by atoms with Gasteiger partial charge in [-0.25, -0.2) is 4.98 Å². The van der Waals surface area contributed by atoms with Crippen molar-refractivity contribution in [2.75, 3.05) is 89.4 Å². The number of aromatic nitrogens is 2. The fourth-order valence-corrected chi connectivity index (χ4v) is 6.54. The van der Waals surface area contributed by atoms with E-state index < -0.39 is 7.14 Å². The molecule has 0 atom stereocenters. The van der Waals surface area contributed by atoms with E-state index in [1.165, 1.54) is 32.1 Å². The third kappa shape index (κ3) is 7.11. The molecule has 0 spiro atoms. The Hall–Kier alpha value is -3.04. The van der Waals surface area contributed by atoms with Crippen LogP contribution in [0.1, 0.15) is 12.8 Å². The summed E-state index contributed by atoms with van der Waals surface area (Å²) in [6, 6.07) is 12.3. The zero-order valence-corrected chi connectivity index (χ0v) is 26.7. The second-order valence-electron chi connectivity index (χ2n) is 11.3. The van der Waals surface area contributed by atoms with E-state index in [1.807, 2.05) is 18.2 Å². The van der Waals surface area contributed by atoms with E-state index in [0.29, 0.717) is 40.0 Å². The van der Waals surface area contributed by atoms with Crippen molar-refractivity contribution in [2.24, 2.45) is 0 Å². The lowest BCUT2D eigenvalue weighted by atomic mass is 10.0. The molecule has 0 radical (unpaired) electrons. The maximum absolute atomic E-state index is 12.5. The number of nitrogens with zero attached hydrogens (tertiary/aromatic N) is 5. The van der Waals surface area contributed by atoms with Gasteiger partial charge in [0.15, 0.2) is 5.82 Å². The summed E-state index contributed by atoms with van der Waals surface area (Å²) in [7, 11) is 3.01. The Kier molecular flexibility index (Phi) is 9.47. The maximum Gasteiger partial charge on any atom is 0.229 e. The predicted octanol–water partition coefficient (Wildman–Crippen LogP) is 5.10. The van der Waals surface area contributed by atoms with Gasteiger partial charge in [-0.3, -0.25) is 4.90 Å². The summed E-state index contributed by atoms with van der Waals surface area (Å²) in [5.74, 6) is 2.03. The number of halogens is 1. The van der Waals surface area contributed by atoms with Crippen LogP contribution in [-0.4, -0.2) is 99.7 Å². The minimum absolute atomic E-state index is 0.352. The number of rotatable bonds is 9. The number of likely N-dealkylation sites (N-methyl/N-ethyl adjacent to an activating group) is 1. The minimum atomic E-state index is -2.44. The van der Waals surface area contributed by atoms with Gasteiger partial charge in [0, 0.05) is 62.4 Å². The SMILES string of the molecule is COc1cc(N2CCC(N3CCN(C)CC3)CC2)ccc1Nc1ncc(Cl)c(Nc2ccc(P(C)(C)=O)cc2OC)n1. The van der Waals surface area contributed by atoms with E-state index in [-0.39, 0.29) is 0 Å². The van der Waals surface area contributed by atoms with Crippen LogP contribution >= 0.6 is 18.7 Å². The normalized spacial score (nSPS) is 17.2. The van der Waals surface area contributed by atoms with Gasteiger partial charge in [-0.2, -0.15) is 4.98 Å². The smallest absolute Gasteiger partial charge is 0.229 e. The van der Waals surface area contributed by atoms with Crippen LogP contribution in [0.3, 0.4) is 0 Å². The Morgan fingerprint density at radius 2 is 1.55 bits per heavy atom. The first-order chi connectivity index (χ1) is 20.1. The highest BCUT2D eigenvalue weighted by atomic mass is 35.5. The molecule has 42 heavy (non-hydrogen) atoms. The van der Waals surface area contributed by atoms with Crippen LogP contribution in [0.25, 0.3) is 0 Å². The molecule has 2 saturated heterocycles. The Morgan fingerprint density at radius 1 is 0.905 bits per heavy atom.